The zero-order chi connectivity index (χ0) is 19.5. The van der Waals surface area contributed by atoms with Gasteiger partial charge in [0, 0.05) is 42.4 Å². The molecule has 1 atom stereocenters. The minimum atomic E-state index is -0.393. The molecular weight excluding hydrogens is 461 g/mol. The van der Waals surface area contributed by atoms with Crippen LogP contribution in [0.3, 0.4) is 0 Å². The highest BCUT2D eigenvalue weighted by Gasteiger charge is 2.51. The van der Waals surface area contributed by atoms with Gasteiger partial charge in [-0.25, -0.2) is 5.01 Å². The van der Waals surface area contributed by atoms with Gasteiger partial charge in [0.15, 0.2) is 0 Å². The van der Waals surface area contributed by atoms with E-state index in [1.807, 2.05) is 24.3 Å². The Kier molecular flexibility index (Phi) is 4.62. The summed E-state index contributed by atoms with van der Waals surface area (Å²) in [6.45, 7) is 1.99. The number of rotatable bonds is 1. The average molecular weight is 481 g/mol. The van der Waals surface area contributed by atoms with Crippen LogP contribution in [0.15, 0.2) is 46.0 Å². The summed E-state index contributed by atoms with van der Waals surface area (Å²) in [5.41, 5.74) is 2.83. The maximum Gasteiger partial charge on any atom is 0.200 e. The van der Waals surface area contributed by atoms with E-state index in [0.29, 0.717) is 10.0 Å². The lowest BCUT2D eigenvalue weighted by Gasteiger charge is -2.50. The number of ether oxygens (including phenoxy) is 1. The van der Waals surface area contributed by atoms with E-state index in [-0.39, 0.29) is 6.04 Å². The normalized spacial score (nSPS) is 23.2. The Morgan fingerprint density at radius 3 is 2.64 bits per heavy atom. The smallest absolute Gasteiger partial charge is 0.200 e. The first-order valence-electron chi connectivity index (χ1n) is 9.44. The van der Waals surface area contributed by atoms with Gasteiger partial charge in [-0.05, 0) is 42.9 Å². The predicted molar refractivity (Wildman–Crippen MR) is 116 cm³/mol. The molecular formula is C21H20BrCl2N3O. The van der Waals surface area contributed by atoms with Gasteiger partial charge in [-0.15, -0.1) is 0 Å². The van der Waals surface area contributed by atoms with Crippen molar-refractivity contribution < 1.29 is 4.74 Å². The van der Waals surface area contributed by atoms with Crippen molar-refractivity contribution in [3.63, 3.8) is 0 Å². The van der Waals surface area contributed by atoms with Gasteiger partial charge in [-0.1, -0.05) is 45.2 Å². The molecule has 4 nitrogen and oxygen atoms in total. The summed E-state index contributed by atoms with van der Waals surface area (Å²) in [5, 5.41) is 8.40. The Bertz CT molecular complexity index is 972. The highest BCUT2D eigenvalue weighted by atomic mass is 79.9. The molecule has 0 aromatic heterocycles. The van der Waals surface area contributed by atoms with Crippen molar-refractivity contribution in [1.29, 1.82) is 0 Å². The third-order valence-electron chi connectivity index (χ3n) is 5.98. The number of likely N-dealkylation sites (tertiary alicyclic amines) is 1. The molecule has 1 fully saturated rings. The fourth-order valence-corrected chi connectivity index (χ4v) is 5.08. The second-order valence-corrected chi connectivity index (χ2v) is 9.50. The minimum Gasteiger partial charge on any atom is -0.466 e. The fraction of sp³-hybridized carbons (Fsp3) is 0.381. The molecule has 3 heterocycles. The van der Waals surface area contributed by atoms with Crippen LogP contribution in [0.5, 0.6) is 5.75 Å². The van der Waals surface area contributed by atoms with E-state index in [9.17, 15) is 0 Å². The summed E-state index contributed by atoms with van der Waals surface area (Å²) in [4.78, 5) is 2.35. The number of nitrogens with zero attached hydrogens (tertiary/aromatic N) is 3. The van der Waals surface area contributed by atoms with Gasteiger partial charge in [0.25, 0.3) is 0 Å². The molecule has 3 aliphatic heterocycles. The van der Waals surface area contributed by atoms with Gasteiger partial charge in [0.05, 0.1) is 21.8 Å². The van der Waals surface area contributed by atoms with Crippen molar-refractivity contribution in [2.45, 2.75) is 31.0 Å². The lowest BCUT2D eigenvalue weighted by molar-refractivity contribution is -0.147. The Morgan fingerprint density at radius 1 is 1.11 bits per heavy atom. The number of piperidine rings is 1. The summed E-state index contributed by atoms with van der Waals surface area (Å²) in [6.07, 6.45) is 2.67. The van der Waals surface area contributed by atoms with Gasteiger partial charge in [-0.3, -0.25) is 0 Å². The number of fused-ring (bicyclic) bond motifs is 4. The van der Waals surface area contributed by atoms with E-state index >= 15 is 0 Å². The Morgan fingerprint density at radius 2 is 1.89 bits per heavy atom. The van der Waals surface area contributed by atoms with Crippen LogP contribution < -0.4 is 4.74 Å². The van der Waals surface area contributed by atoms with E-state index in [0.717, 1.165) is 53.8 Å². The summed E-state index contributed by atoms with van der Waals surface area (Å²) in [5.74, 6) is 0.972. The fourth-order valence-electron chi connectivity index (χ4n) is 4.40. The van der Waals surface area contributed by atoms with Crippen LogP contribution in [0.4, 0.5) is 0 Å². The van der Waals surface area contributed by atoms with E-state index < -0.39 is 5.72 Å². The Balaban J connectivity index is 1.59. The lowest BCUT2D eigenvalue weighted by Crippen LogP contribution is -2.58. The largest absolute Gasteiger partial charge is 0.466 e. The van der Waals surface area contributed by atoms with E-state index in [1.165, 1.54) is 5.56 Å². The highest BCUT2D eigenvalue weighted by molar-refractivity contribution is 9.10. The molecule has 0 bridgehead atoms. The molecule has 1 saturated heterocycles. The first kappa shape index (κ1) is 18.7. The molecule has 0 radical (unpaired) electrons. The summed E-state index contributed by atoms with van der Waals surface area (Å²) < 4.78 is 7.68. The Hall–Kier alpha value is -1.27. The van der Waals surface area contributed by atoms with Gasteiger partial charge < -0.3 is 9.64 Å². The van der Waals surface area contributed by atoms with Gasteiger partial charge in [0.1, 0.15) is 5.75 Å². The number of hydrazone groups is 1. The van der Waals surface area contributed by atoms with E-state index in [4.69, 9.17) is 33.0 Å². The van der Waals surface area contributed by atoms with Crippen molar-refractivity contribution in [3.8, 4) is 5.75 Å². The topological polar surface area (TPSA) is 28.1 Å². The lowest BCUT2D eigenvalue weighted by atomic mass is 9.91. The van der Waals surface area contributed by atoms with E-state index in [1.54, 1.807) is 0 Å². The molecule has 0 saturated carbocycles. The molecule has 2 aromatic rings. The molecule has 0 unspecified atom stereocenters. The molecule has 1 spiro atoms. The number of benzene rings is 2. The zero-order valence-electron chi connectivity index (χ0n) is 15.5. The third-order valence-corrected chi connectivity index (χ3v) is 7.21. The second-order valence-electron chi connectivity index (χ2n) is 7.77. The molecule has 28 heavy (non-hydrogen) atoms. The van der Waals surface area contributed by atoms with Crippen molar-refractivity contribution in [2.75, 3.05) is 20.1 Å². The van der Waals surface area contributed by atoms with Crippen molar-refractivity contribution in [3.05, 3.63) is 62.0 Å². The van der Waals surface area contributed by atoms with Crippen LogP contribution in [-0.4, -0.2) is 41.5 Å². The zero-order valence-corrected chi connectivity index (χ0v) is 18.6. The quantitative estimate of drug-likeness (QED) is 0.522. The van der Waals surface area contributed by atoms with Crippen molar-refractivity contribution in [2.24, 2.45) is 5.10 Å². The van der Waals surface area contributed by atoms with E-state index in [2.05, 4.69) is 45.0 Å². The van der Waals surface area contributed by atoms with Gasteiger partial charge in [0.2, 0.25) is 5.72 Å². The molecule has 5 rings (SSSR count). The van der Waals surface area contributed by atoms with Gasteiger partial charge >= 0.3 is 0 Å². The molecule has 146 valence electrons. The van der Waals surface area contributed by atoms with Crippen molar-refractivity contribution >= 4 is 44.8 Å². The maximum atomic E-state index is 6.63. The SMILES string of the molecule is CN1CCC2(CC1)Oc1ccc(Br)cc1[C@H]1CC(c3ccc(Cl)c(Cl)c3)=NN12. The third kappa shape index (κ3) is 3.04. The molecule has 7 heteroatoms. The van der Waals surface area contributed by atoms with Crippen LogP contribution in [-0.2, 0) is 0 Å². The summed E-state index contributed by atoms with van der Waals surface area (Å²) in [7, 11) is 2.16. The molecule has 3 aliphatic rings. The molecule has 0 amide bonds. The van der Waals surface area contributed by atoms with Crippen LogP contribution >= 0.6 is 39.1 Å². The summed E-state index contributed by atoms with van der Waals surface area (Å²) >= 11 is 16.0. The van der Waals surface area contributed by atoms with Crippen LogP contribution in [0, 0.1) is 0 Å². The average Bonchev–Trinajstić information content (AvgIpc) is 3.14. The summed E-state index contributed by atoms with van der Waals surface area (Å²) in [6, 6.07) is 12.2. The maximum absolute atomic E-state index is 6.63. The number of hydrogen-bond acceptors (Lipinski definition) is 4. The van der Waals surface area contributed by atoms with Gasteiger partial charge in [-0.2, -0.15) is 5.10 Å². The monoisotopic (exact) mass is 479 g/mol. The second kappa shape index (κ2) is 6.91. The minimum absolute atomic E-state index is 0.161. The first-order chi connectivity index (χ1) is 13.4. The standard InChI is InChI=1S/C21H20BrCl2N3O/c1-26-8-6-21(7-9-26)27-19(15-11-14(22)3-5-20(15)28-21)12-18(25-27)13-2-4-16(23)17(24)10-13/h2-5,10-11,19H,6-9,12H2,1H3/t19-/m1/s1. The predicted octanol–water partition coefficient (Wildman–Crippen LogP) is 5.72. The van der Waals surface area contributed by atoms with Crippen LogP contribution in [0.2, 0.25) is 10.0 Å². The molecule has 0 N–H and O–H groups in total. The molecule has 2 aromatic carbocycles. The molecule has 0 aliphatic carbocycles. The first-order valence-corrected chi connectivity index (χ1v) is 11.0. The Labute approximate surface area is 183 Å². The van der Waals surface area contributed by atoms with Crippen molar-refractivity contribution in [1.82, 2.24) is 9.91 Å². The number of halogens is 3. The van der Waals surface area contributed by atoms with Crippen LogP contribution in [0.25, 0.3) is 0 Å². The number of hydrogen-bond donors (Lipinski definition) is 0. The van der Waals surface area contributed by atoms with Crippen LogP contribution in [0.1, 0.15) is 36.4 Å². The highest BCUT2D eigenvalue weighted by Crippen LogP contribution is 2.50.